The third-order valence-corrected chi connectivity index (χ3v) is 8.24. The van der Waals surface area contributed by atoms with Gasteiger partial charge in [0.1, 0.15) is 6.10 Å². The van der Waals surface area contributed by atoms with Gasteiger partial charge in [-0.3, -0.25) is 4.79 Å². The number of allylic oxidation sites excluding steroid dienone is 2. The summed E-state index contributed by atoms with van der Waals surface area (Å²) in [6, 6.07) is 0. The highest BCUT2D eigenvalue weighted by Gasteiger charge is 2.59. The number of ether oxygens (including phenoxy) is 1. The SMILES string of the molecule is CC(=O)O[C@@H]1CC[C@@H]2[C@H]3CC=C4CCCC[C@]4(C)[C@@H]3CC[C@]21C. The van der Waals surface area contributed by atoms with Crippen molar-refractivity contribution < 1.29 is 9.53 Å². The molecule has 0 bridgehead atoms. The summed E-state index contributed by atoms with van der Waals surface area (Å²) < 4.78 is 5.74. The molecule has 4 rings (SSSR count). The van der Waals surface area contributed by atoms with Crippen LogP contribution >= 0.6 is 0 Å². The molecule has 4 aliphatic carbocycles. The second-order valence-corrected chi connectivity index (χ2v) is 9.19. The van der Waals surface area contributed by atoms with Crippen molar-refractivity contribution in [2.45, 2.75) is 84.7 Å². The Balaban J connectivity index is 1.62. The first-order chi connectivity index (χ1) is 10.9. The summed E-state index contributed by atoms with van der Waals surface area (Å²) in [5.41, 5.74) is 2.48. The number of fused-ring (bicyclic) bond motifs is 5. The van der Waals surface area contributed by atoms with E-state index >= 15 is 0 Å². The minimum atomic E-state index is -0.0935. The summed E-state index contributed by atoms with van der Waals surface area (Å²) in [5, 5.41) is 0. The molecule has 0 spiro atoms. The molecule has 0 aromatic carbocycles. The number of carbonyl (C=O) groups excluding carboxylic acids is 1. The van der Waals surface area contributed by atoms with E-state index in [-0.39, 0.29) is 17.5 Å². The highest BCUT2D eigenvalue weighted by molar-refractivity contribution is 5.66. The molecule has 23 heavy (non-hydrogen) atoms. The van der Waals surface area contributed by atoms with Gasteiger partial charge in [0, 0.05) is 12.3 Å². The molecule has 6 atom stereocenters. The molecular formula is C21H32O2. The quantitative estimate of drug-likeness (QED) is 0.486. The van der Waals surface area contributed by atoms with Crippen molar-refractivity contribution >= 4 is 5.97 Å². The molecule has 0 heterocycles. The van der Waals surface area contributed by atoms with E-state index in [0.717, 1.165) is 24.2 Å². The van der Waals surface area contributed by atoms with Gasteiger partial charge in [-0.15, -0.1) is 0 Å². The highest BCUT2D eigenvalue weighted by atomic mass is 16.5. The maximum absolute atomic E-state index is 11.5. The Kier molecular flexibility index (Phi) is 3.66. The monoisotopic (exact) mass is 316 g/mol. The Morgan fingerprint density at radius 2 is 1.96 bits per heavy atom. The maximum Gasteiger partial charge on any atom is 0.302 e. The first-order valence-corrected chi connectivity index (χ1v) is 9.82. The summed E-state index contributed by atoms with van der Waals surface area (Å²) >= 11 is 0. The van der Waals surface area contributed by atoms with Crippen LogP contribution in [0.4, 0.5) is 0 Å². The molecule has 3 fully saturated rings. The fourth-order valence-electron chi connectivity index (χ4n) is 7.04. The largest absolute Gasteiger partial charge is 0.462 e. The zero-order valence-corrected chi connectivity index (χ0v) is 15.1. The lowest BCUT2D eigenvalue weighted by atomic mass is 9.48. The van der Waals surface area contributed by atoms with Crippen molar-refractivity contribution in [1.29, 1.82) is 0 Å². The molecule has 0 aromatic rings. The van der Waals surface area contributed by atoms with Crippen LogP contribution in [0, 0.1) is 28.6 Å². The topological polar surface area (TPSA) is 26.3 Å². The molecule has 2 nitrogen and oxygen atoms in total. The van der Waals surface area contributed by atoms with Crippen LogP contribution in [-0.4, -0.2) is 12.1 Å². The van der Waals surface area contributed by atoms with Gasteiger partial charge in [0.15, 0.2) is 0 Å². The Hall–Kier alpha value is -0.790. The fourth-order valence-corrected chi connectivity index (χ4v) is 7.04. The van der Waals surface area contributed by atoms with Crippen molar-refractivity contribution in [2.75, 3.05) is 0 Å². The van der Waals surface area contributed by atoms with Gasteiger partial charge in [0.05, 0.1) is 0 Å². The Morgan fingerprint density at radius 3 is 2.74 bits per heavy atom. The average molecular weight is 316 g/mol. The van der Waals surface area contributed by atoms with Gasteiger partial charge in [0.2, 0.25) is 0 Å². The van der Waals surface area contributed by atoms with Crippen molar-refractivity contribution in [3.8, 4) is 0 Å². The number of hydrogen-bond acceptors (Lipinski definition) is 2. The third kappa shape index (κ3) is 2.23. The average Bonchev–Trinajstić information content (AvgIpc) is 2.83. The molecule has 3 saturated carbocycles. The zero-order chi connectivity index (χ0) is 16.2. The van der Waals surface area contributed by atoms with E-state index in [4.69, 9.17) is 4.74 Å². The van der Waals surface area contributed by atoms with Gasteiger partial charge in [-0.2, -0.15) is 0 Å². The van der Waals surface area contributed by atoms with Crippen LogP contribution in [-0.2, 0) is 9.53 Å². The zero-order valence-electron chi connectivity index (χ0n) is 15.1. The number of carbonyl (C=O) groups is 1. The lowest BCUT2D eigenvalue weighted by Crippen LogP contribution is -2.50. The number of rotatable bonds is 1. The minimum Gasteiger partial charge on any atom is -0.462 e. The first kappa shape index (κ1) is 15.7. The predicted octanol–water partition coefficient (Wildman–Crippen LogP) is 5.27. The Bertz CT molecular complexity index is 536. The van der Waals surface area contributed by atoms with Crippen LogP contribution in [0.3, 0.4) is 0 Å². The number of hydrogen-bond donors (Lipinski definition) is 0. The molecular weight excluding hydrogens is 284 g/mol. The van der Waals surface area contributed by atoms with Gasteiger partial charge in [-0.05, 0) is 74.5 Å². The normalized spacial score (nSPS) is 48.7. The predicted molar refractivity (Wildman–Crippen MR) is 91.9 cm³/mol. The molecule has 0 radical (unpaired) electrons. The first-order valence-electron chi connectivity index (χ1n) is 9.82. The molecule has 0 N–H and O–H groups in total. The summed E-state index contributed by atoms with van der Waals surface area (Å²) in [6.45, 7) is 6.55. The second kappa shape index (κ2) is 5.36. The lowest BCUT2D eigenvalue weighted by molar-refractivity contribution is -0.156. The van der Waals surface area contributed by atoms with Crippen molar-refractivity contribution in [1.82, 2.24) is 0 Å². The molecule has 4 aliphatic rings. The van der Waals surface area contributed by atoms with Crippen LogP contribution in [0.5, 0.6) is 0 Å². The molecule has 0 unspecified atom stereocenters. The summed E-state index contributed by atoms with van der Waals surface area (Å²) in [7, 11) is 0. The van der Waals surface area contributed by atoms with E-state index in [0.29, 0.717) is 5.41 Å². The van der Waals surface area contributed by atoms with Crippen molar-refractivity contribution in [3.63, 3.8) is 0 Å². The van der Waals surface area contributed by atoms with E-state index < -0.39 is 0 Å². The van der Waals surface area contributed by atoms with Gasteiger partial charge in [-0.25, -0.2) is 0 Å². The standard InChI is InChI=1S/C21H32O2/c1-14(22)23-19-10-9-17-16-8-7-15-6-4-5-12-20(15,2)18(16)11-13-21(17,19)3/h7,16-19H,4-6,8-13H2,1-3H3/t16-,17-,18-,19-,20+,21-/m1/s1. The van der Waals surface area contributed by atoms with E-state index in [1.807, 2.05) is 0 Å². The van der Waals surface area contributed by atoms with Gasteiger partial charge in [0.25, 0.3) is 0 Å². The summed E-state index contributed by atoms with van der Waals surface area (Å²) in [5.74, 6) is 2.35. The smallest absolute Gasteiger partial charge is 0.302 e. The molecule has 0 amide bonds. The Morgan fingerprint density at radius 1 is 1.13 bits per heavy atom. The molecule has 0 aromatic heterocycles. The van der Waals surface area contributed by atoms with Crippen molar-refractivity contribution in [3.05, 3.63) is 11.6 Å². The van der Waals surface area contributed by atoms with Crippen LogP contribution in [0.15, 0.2) is 11.6 Å². The highest BCUT2D eigenvalue weighted by Crippen LogP contribution is 2.65. The van der Waals surface area contributed by atoms with Gasteiger partial charge in [-0.1, -0.05) is 31.9 Å². The van der Waals surface area contributed by atoms with E-state index in [1.54, 1.807) is 12.5 Å². The third-order valence-electron chi connectivity index (χ3n) is 8.24. The molecule has 128 valence electrons. The van der Waals surface area contributed by atoms with Gasteiger partial charge >= 0.3 is 5.97 Å². The fraction of sp³-hybridized carbons (Fsp3) is 0.857. The van der Waals surface area contributed by atoms with E-state index in [1.165, 1.54) is 51.4 Å². The Labute approximate surface area is 141 Å². The van der Waals surface area contributed by atoms with Crippen LogP contribution in [0.25, 0.3) is 0 Å². The second-order valence-electron chi connectivity index (χ2n) is 9.19. The van der Waals surface area contributed by atoms with Gasteiger partial charge < -0.3 is 4.74 Å². The molecule has 0 saturated heterocycles. The summed E-state index contributed by atoms with van der Waals surface area (Å²) in [6.07, 6.45) is 14.5. The van der Waals surface area contributed by atoms with E-state index in [9.17, 15) is 4.79 Å². The minimum absolute atomic E-state index is 0.0935. The van der Waals surface area contributed by atoms with E-state index in [2.05, 4.69) is 19.9 Å². The van der Waals surface area contributed by atoms with Crippen LogP contribution in [0.2, 0.25) is 0 Å². The summed E-state index contributed by atoms with van der Waals surface area (Å²) in [4.78, 5) is 11.5. The molecule has 2 heteroatoms. The van der Waals surface area contributed by atoms with Crippen LogP contribution < -0.4 is 0 Å². The maximum atomic E-state index is 11.5. The number of esters is 1. The van der Waals surface area contributed by atoms with Crippen molar-refractivity contribution in [2.24, 2.45) is 28.6 Å². The molecule has 0 aliphatic heterocycles. The van der Waals surface area contributed by atoms with Crippen LogP contribution in [0.1, 0.15) is 78.6 Å². The lowest BCUT2D eigenvalue weighted by Gasteiger charge is -2.57.